The average molecular weight is 265 g/mol. The number of hydrogen-bond donors (Lipinski definition) is 2. The molecule has 0 fully saturated rings. The minimum absolute atomic E-state index is 0.0437. The zero-order valence-electron chi connectivity index (χ0n) is 10.9. The highest BCUT2D eigenvalue weighted by Gasteiger charge is 2.09. The standard InChI is InChI=1S/C7H7NO3.C7H12O/c9-5-6-1-3-7(4-2-6)8(10)11;1-6-3-2-4-7(8)5-6/h1-4,9H,5H2;2-3,6-8H,4-5H2,1H3/t;6?,7-/m.0/s1. The van der Waals surface area contributed by atoms with E-state index in [0.717, 1.165) is 12.8 Å². The summed E-state index contributed by atoms with van der Waals surface area (Å²) in [6, 6.07) is 5.79. The fourth-order valence-electron chi connectivity index (χ4n) is 1.79. The second-order valence-corrected chi connectivity index (χ2v) is 4.61. The number of benzene rings is 1. The fraction of sp³-hybridized carbons (Fsp3) is 0.429. The number of hydrogen-bond acceptors (Lipinski definition) is 4. The van der Waals surface area contributed by atoms with Gasteiger partial charge in [-0.1, -0.05) is 19.1 Å². The van der Waals surface area contributed by atoms with Crippen LogP contribution in [0.4, 0.5) is 5.69 Å². The lowest BCUT2D eigenvalue weighted by Crippen LogP contribution is -2.12. The lowest BCUT2D eigenvalue weighted by atomic mass is 9.96. The predicted octanol–water partition coefficient (Wildman–Crippen LogP) is 2.42. The van der Waals surface area contributed by atoms with Crippen LogP contribution in [0.3, 0.4) is 0 Å². The molecule has 0 saturated carbocycles. The van der Waals surface area contributed by atoms with Gasteiger partial charge in [-0.3, -0.25) is 10.1 Å². The van der Waals surface area contributed by atoms with E-state index in [1.807, 2.05) is 0 Å². The topological polar surface area (TPSA) is 83.6 Å². The van der Waals surface area contributed by atoms with Crippen LogP contribution in [0, 0.1) is 16.0 Å². The number of aliphatic hydroxyl groups excluding tert-OH is 2. The summed E-state index contributed by atoms with van der Waals surface area (Å²) in [5.74, 6) is 0.582. The molecule has 1 aromatic carbocycles. The van der Waals surface area contributed by atoms with E-state index in [0.29, 0.717) is 11.5 Å². The van der Waals surface area contributed by atoms with E-state index in [-0.39, 0.29) is 18.4 Å². The lowest BCUT2D eigenvalue weighted by Gasteiger charge is -2.15. The molecule has 104 valence electrons. The van der Waals surface area contributed by atoms with Crippen LogP contribution >= 0.6 is 0 Å². The van der Waals surface area contributed by atoms with Crippen LogP contribution in [0.15, 0.2) is 36.4 Å². The minimum atomic E-state index is -0.471. The van der Waals surface area contributed by atoms with Gasteiger partial charge in [0.15, 0.2) is 0 Å². The van der Waals surface area contributed by atoms with Gasteiger partial charge in [0.1, 0.15) is 0 Å². The summed E-state index contributed by atoms with van der Waals surface area (Å²) in [5.41, 5.74) is 0.720. The number of allylic oxidation sites excluding steroid dienone is 1. The summed E-state index contributed by atoms with van der Waals surface area (Å²) in [7, 11) is 0. The molecule has 0 saturated heterocycles. The first-order valence-electron chi connectivity index (χ1n) is 6.22. The summed E-state index contributed by atoms with van der Waals surface area (Å²) >= 11 is 0. The molecule has 2 rings (SSSR count). The van der Waals surface area contributed by atoms with Gasteiger partial charge >= 0.3 is 0 Å². The molecule has 0 radical (unpaired) electrons. The first kappa shape index (κ1) is 15.3. The fourth-order valence-corrected chi connectivity index (χ4v) is 1.79. The van der Waals surface area contributed by atoms with Crippen molar-refractivity contribution < 1.29 is 15.1 Å². The van der Waals surface area contributed by atoms with Gasteiger partial charge in [-0.2, -0.15) is 0 Å². The molecule has 1 unspecified atom stereocenters. The predicted molar refractivity (Wildman–Crippen MR) is 72.6 cm³/mol. The van der Waals surface area contributed by atoms with Gasteiger partial charge in [-0.15, -0.1) is 0 Å². The number of rotatable bonds is 2. The number of nitro groups is 1. The number of aliphatic hydroxyl groups is 2. The second kappa shape index (κ2) is 7.66. The lowest BCUT2D eigenvalue weighted by molar-refractivity contribution is -0.384. The molecule has 0 aliphatic heterocycles. The minimum Gasteiger partial charge on any atom is -0.393 e. The van der Waals surface area contributed by atoms with Crippen molar-refractivity contribution in [3.63, 3.8) is 0 Å². The molecule has 5 heteroatoms. The van der Waals surface area contributed by atoms with Crippen molar-refractivity contribution in [3.05, 3.63) is 52.1 Å². The molecule has 1 aliphatic rings. The summed E-state index contributed by atoms with van der Waals surface area (Å²) in [5, 5.41) is 27.8. The van der Waals surface area contributed by atoms with E-state index in [1.165, 1.54) is 24.3 Å². The Morgan fingerprint density at radius 1 is 1.37 bits per heavy atom. The van der Waals surface area contributed by atoms with Gasteiger partial charge in [-0.25, -0.2) is 0 Å². The Kier molecular flexibility index (Phi) is 6.18. The second-order valence-electron chi connectivity index (χ2n) is 4.61. The Bertz CT molecular complexity index is 428. The van der Waals surface area contributed by atoms with Crippen molar-refractivity contribution in [2.24, 2.45) is 5.92 Å². The third-order valence-corrected chi connectivity index (χ3v) is 2.85. The Balaban J connectivity index is 0.000000200. The van der Waals surface area contributed by atoms with Gasteiger partial charge in [0.25, 0.3) is 5.69 Å². The van der Waals surface area contributed by atoms with E-state index in [4.69, 9.17) is 10.2 Å². The highest BCUT2D eigenvalue weighted by Crippen LogP contribution is 2.15. The molecule has 0 amide bonds. The van der Waals surface area contributed by atoms with Crippen molar-refractivity contribution in [3.8, 4) is 0 Å². The molecule has 0 heterocycles. The summed E-state index contributed by atoms with van der Waals surface area (Å²) < 4.78 is 0. The summed E-state index contributed by atoms with van der Waals surface area (Å²) in [6.45, 7) is 2.04. The smallest absolute Gasteiger partial charge is 0.269 e. The molecule has 1 aromatic rings. The van der Waals surface area contributed by atoms with Crippen LogP contribution in [0.25, 0.3) is 0 Å². The van der Waals surface area contributed by atoms with Gasteiger partial charge in [0.05, 0.1) is 17.6 Å². The third-order valence-electron chi connectivity index (χ3n) is 2.85. The van der Waals surface area contributed by atoms with Crippen LogP contribution in [0.5, 0.6) is 0 Å². The van der Waals surface area contributed by atoms with E-state index in [2.05, 4.69) is 19.1 Å². The van der Waals surface area contributed by atoms with Gasteiger partial charge in [0, 0.05) is 12.1 Å². The van der Waals surface area contributed by atoms with Crippen molar-refractivity contribution in [2.45, 2.75) is 32.5 Å². The molecule has 1 aliphatic carbocycles. The Labute approximate surface area is 112 Å². The molecule has 0 spiro atoms. The maximum atomic E-state index is 10.1. The molecule has 2 N–H and O–H groups in total. The maximum Gasteiger partial charge on any atom is 0.269 e. The van der Waals surface area contributed by atoms with E-state index >= 15 is 0 Å². The van der Waals surface area contributed by atoms with Gasteiger partial charge in [-0.05, 0) is 36.5 Å². The molecule has 19 heavy (non-hydrogen) atoms. The van der Waals surface area contributed by atoms with Crippen molar-refractivity contribution >= 4 is 5.69 Å². The molecule has 0 bridgehead atoms. The average Bonchev–Trinajstić information content (AvgIpc) is 2.39. The van der Waals surface area contributed by atoms with E-state index in [9.17, 15) is 10.1 Å². The van der Waals surface area contributed by atoms with E-state index < -0.39 is 4.92 Å². The van der Waals surface area contributed by atoms with Gasteiger partial charge < -0.3 is 10.2 Å². The first-order valence-corrected chi connectivity index (χ1v) is 6.22. The van der Waals surface area contributed by atoms with Crippen LogP contribution in [-0.2, 0) is 6.61 Å². The molecule has 2 atom stereocenters. The zero-order valence-corrected chi connectivity index (χ0v) is 10.9. The number of nitrogens with zero attached hydrogens (tertiary/aromatic N) is 1. The Hall–Kier alpha value is -1.72. The molecular weight excluding hydrogens is 246 g/mol. The maximum absolute atomic E-state index is 10.1. The zero-order chi connectivity index (χ0) is 14.3. The molecule has 5 nitrogen and oxygen atoms in total. The largest absolute Gasteiger partial charge is 0.393 e. The number of nitro benzene ring substituents is 1. The van der Waals surface area contributed by atoms with E-state index in [1.54, 1.807) is 0 Å². The van der Waals surface area contributed by atoms with Crippen molar-refractivity contribution in [1.29, 1.82) is 0 Å². The highest BCUT2D eigenvalue weighted by molar-refractivity contribution is 5.32. The quantitative estimate of drug-likeness (QED) is 0.488. The van der Waals surface area contributed by atoms with Crippen molar-refractivity contribution in [2.75, 3.05) is 0 Å². The SMILES string of the molecule is CC1C=CC[C@H](O)C1.O=[N+]([O-])c1ccc(CO)cc1. The Morgan fingerprint density at radius 3 is 2.37 bits per heavy atom. The normalized spacial score (nSPS) is 21.4. The van der Waals surface area contributed by atoms with Crippen LogP contribution in [0.2, 0.25) is 0 Å². The summed E-state index contributed by atoms with van der Waals surface area (Å²) in [4.78, 5) is 9.67. The third kappa shape index (κ3) is 5.63. The monoisotopic (exact) mass is 265 g/mol. The van der Waals surface area contributed by atoms with Crippen LogP contribution in [0.1, 0.15) is 25.3 Å². The van der Waals surface area contributed by atoms with Crippen LogP contribution < -0.4 is 0 Å². The van der Waals surface area contributed by atoms with Gasteiger partial charge in [0.2, 0.25) is 0 Å². The molecule has 0 aromatic heterocycles. The highest BCUT2D eigenvalue weighted by atomic mass is 16.6. The first-order chi connectivity index (χ1) is 9.02. The van der Waals surface area contributed by atoms with Crippen molar-refractivity contribution in [1.82, 2.24) is 0 Å². The number of non-ortho nitro benzene ring substituents is 1. The van der Waals surface area contributed by atoms with Crippen LogP contribution in [-0.4, -0.2) is 21.2 Å². The Morgan fingerprint density at radius 2 is 2.00 bits per heavy atom. The molecular formula is C14H19NO4. The summed E-state index contributed by atoms with van der Waals surface area (Å²) in [6.07, 6.45) is 5.93.